The summed E-state index contributed by atoms with van der Waals surface area (Å²) >= 11 is 6.27. The van der Waals surface area contributed by atoms with Gasteiger partial charge in [-0.2, -0.15) is 10.2 Å². The zero-order valence-corrected chi connectivity index (χ0v) is 19.7. The van der Waals surface area contributed by atoms with Crippen molar-refractivity contribution in [2.24, 2.45) is 5.92 Å². The van der Waals surface area contributed by atoms with Crippen molar-refractivity contribution in [2.45, 2.75) is 44.7 Å². The van der Waals surface area contributed by atoms with Gasteiger partial charge < -0.3 is 10.2 Å². The summed E-state index contributed by atoms with van der Waals surface area (Å²) in [4.78, 5) is 2.35. The number of aromatic nitrogens is 7. The predicted octanol–water partition coefficient (Wildman–Crippen LogP) is 3.67. The van der Waals surface area contributed by atoms with Gasteiger partial charge in [0.15, 0.2) is 5.82 Å². The zero-order chi connectivity index (χ0) is 22.9. The van der Waals surface area contributed by atoms with Crippen molar-refractivity contribution in [1.29, 1.82) is 0 Å². The van der Waals surface area contributed by atoms with Crippen LogP contribution in [0.4, 0.5) is 5.82 Å². The Labute approximate surface area is 202 Å². The van der Waals surface area contributed by atoms with Gasteiger partial charge in [-0.15, -0.1) is 10.2 Å². The Bertz CT molecular complexity index is 1260. The van der Waals surface area contributed by atoms with Crippen molar-refractivity contribution in [3.63, 3.8) is 0 Å². The lowest BCUT2D eigenvalue weighted by Crippen LogP contribution is -2.47. The Balaban J connectivity index is 1.11. The molecule has 1 saturated carbocycles. The molecule has 0 radical (unpaired) electrons. The maximum Gasteiger partial charge on any atom is 0.151 e. The molecule has 176 valence electrons. The standard InChI is InChI=1S/C24H28ClN9/c25-17-9-20(21-12-27-29-22(21)10-17)23-15-34(32-30-23)14-19-6-7-24(31-28-19)33-8-2-5-18(13-33)26-11-16-3-1-4-16/h6-7,9-10,12,15-16,18,26H,1-5,8,11,13-14H2,(H,27,29)/t18-/m1/s1. The quantitative estimate of drug-likeness (QED) is 0.418. The van der Waals surface area contributed by atoms with Gasteiger partial charge in [-0.05, 0) is 62.4 Å². The van der Waals surface area contributed by atoms with Gasteiger partial charge in [0.2, 0.25) is 0 Å². The van der Waals surface area contributed by atoms with Crippen LogP contribution >= 0.6 is 11.6 Å². The Hall–Kier alpha value is -3.04. The van der Waals surface area contributed by atoms with Gasteiger partial charge >= 0.3 is 0 Å². The lowest BCUT2D eigenvalue weighted by molar-refractivity contribution is 0.280. The number of nitrogens with one attached hydrogen (secondary N) is 2. The number of rotatable bonds is 7. The topological polar surface area (TPSA) is 100 Å². The normalized spacial score (nSPS) is 19.0. The predicted molar refractivity (Wildman–Crippen MR) is 132 cm³/mol. The number of anilines is 1. The molecule has 0 spiro atoms. The van der Waals surface area contributed by atoms with Crippen LogP contribution in [0, 0.1) is 5.92 Å². The Kier molecular flexibility index (Phi) is 5.88. The fraction of sp³-hybridized carbons (Fsp3) is 0.458. The summed E-state index contributed by atoms with van der Waals surface area (Å²) in [5, 5.41) is 30.0. The van der Waals surface area contributed by atoms with E-state index in [1.54, 1.807) is 10.9 Å². The number of nitrogens with zero attached hydrogens (tertiary/aromatic N) is 7. The summed E-state index contributed by atoms with van der Waals surface area (Å²) in [6, 6.07) is 8.38. The third kappa shape index (κ3) is 4.50. The maximum absolute atomic E-state index is 6.27. The monoisotopic (exact) mass is 477 g/mol. The molecule has 0 unspecified atom stereocenters. The molecule has 6 rings (SSSR count). The number of hydrogen-bond acceptors (Lipinski definition) is 7. The maximum atomic E-state index is 6.27. The van der Waals surface area contributed by atoms with Gasteiger partial charge in [-0.3, -0.25) is 5.10 Å². The summed E-state index contributed by atoms with van der Waals surface area (Å²) < 4.78 is 1.77. The lowest BCUT2D eigenvalue weighted by atomic mass is 9.85. The van der Waals surface area contributed by atoms with Crippen molar-refractivity contribution in [3.05, 3.63) is 47.4 Å². The number of halogens is 1. The molecule has 1 aliphatic carbocycles. The second kappa shape index (κ2) is 9.31. The van der Waals surface area contributed by atoms with Crippen LogP contribution in [-0.2, 0) is 6.54 Å². The van der Waals surface area contributed by atoms with Gasteiger partial charge in [0, 0.05) is 35.1 Å². The molecule has 2 N–H and O–H groups in total. The fourth-order valence-corrected chi connectivity index (χ4v) is 5.10. The highest BCUT2D eigenvalue weighted by atomic mass is 35.5. The van der Waals surface area contributed by atoms with Gasteiger partial charge in [-0.1, -0.05) is 23.2 Å². The van der Waals surface area contributed by atoms with Crippen LogP contribution in [0.1, 0.15) is 37.8 Å². The number of piperidine rings is 1. The molecule has 4 heterocycles. The van der Waals surface area contributed by atoms with Gasteiger partial charge in [-0.25, -0.2) is 4.68 Å². The Morgan fingerprint density at radius 2 is 2.03 bits per heavy atom. The molecule has 1 aliphatic heterocycles. The van der Waals surface area contributed by atoms with Gasteiger partial charge in [0.05, 0.1) is 30.1 Å². The first-order chi connectivity index (χ1) is 16.7. The van der Waals surface area contributed by atoms with Crippen LogP contribution in [0.5, 0.6) is 0 Å². The first kappa shape index (κ1) is 21.5. The molecule has 1 saturated heterocycles. The molecule has 10 heteroatoms. The van der Waals surface area contributed by atoms with Crippen molar-refractivity contribution < 1.29 is 0 Å². The molecule has 3 aromatic heterocycles. The highest BCUT2D eigenvalue weighted by Gasteiger charge is 2.23. The van der Waals surface area contributed by atoms with E-state index >= 15 is 0 Å². The smallest absolute Gasteiger partial charge is 0.151 e. The van der Waals surface area contributed by atoms with Crippen LogP contribution in [0.2, 0.25) is 5.02 Å². The van der Waals surface area contributed by atoms with E-state index in [0.29, 0.717) is 17.6 Å². The average Bonchev–Trinajstić information content (AvgIpc) is 3.48. The fourth-order valence-electron chi connectivity index (χ4n) is 4.88. The van der Waals surface area contributed by atoms with Crippen LogP contribution in [0.15, 0.2) is 36.7 Å². The SMILES string of the molecule is Clc1cc(-c2cn(Cc3ccc(N4CCC[C@@H](NCC5CCC5)C4)nn3)nn2)c2cn[nH]c2c1. The first-order valence-electron chi connectivity index (χ1n) is 12.1. The molecule has 1 atom stereocenters. The molecular weight excluding hydrogens is 450 g/mol. The van der Waals surface area contributed by atoms with E-state index in [9.17, 15) is 0 Å². The van der Waals surface area contributed by atoms with Crippen LogP contribution in [0.25, 0.3) is 22.2 Å². The van der Waals surface area contributed by atoms with Crippen molar-refractivity contribution in [2.75, 3.05) is 24.5 Å². The van der Waals surface area contributed by atoms with Crippen LogP contribution in [0.3, 0.4) is 0 Å². The summed E-state index contributed by atoms with van der Waals surface area (Å²) in [6.07, 6.45) is 10.3. The molecule has 4 aromatic rings. The molecule has 2 fully saturated rings. The first-order valence-corrected chi connectivity index (χ1v) is 12.4. The average molecular weight is 478 g/mol. The molecule has 0 amide bonds. The molecule has 34 heavy (non-hydrogen) atoms. The second-order valence-corrected chi connectivity index (χ2v) is 9.90. The summed E-state index contributed by atoms with van der Waals surface area (Å²) in [6.45, 7) is 3.69. The van der Waals surface area contributed by atoms with Gasteiger partial charge in [0.1, 0.15) is 5.69 Å². The number of benzene rings is 1. The molecular formula is C24H28ClN9. The van der Waals surface area contributed by atoms with E-state index in [1.165, 1.54) is 32.1 Å². The molecule has 2 aliphatic rings. The Morgan fingerprint density at radius 3 is 2.85 bits per heavy atom. The zero-order valence-electron chi connectivity index (χ0n) is 19.0. The minimum absolute atomic E-state index is 0.501. The van der Waals surface area contributed by atoms with Crippen molar-refractivity contribution >= 4 is 28.3 Å². The van der Waals surface area contributed by atoms with E-state index in [2.05, 4.69) is 47.0 Å². The summed E-state index contributed by atoms with van der Waals surface area (Å²) in [5.41, 5.74) is 3.36. The van der Waals surface area contributed by atoms with Crippen LogP contribution < -0.4 is 10.2 Å². The lowest BCUT2D eigenvalue weighted by Gasteiger charge is -2.35. The van der Waals surface area contributed by atoms with E-state index < -0.39 is 0 Å². The third-order valence-corrected chi connectivity index (χ3v) is 7.25. The minimum atomic E-state index is 0.501. The number of fused-ring (bicyclic) bond motifs is 1. The number of aromatic amines is 1. The van der Waals surface area contributed by atoms with Crippen LogP contribution in [-0.4, -0.2) is 61.1 Å². The molecule has 9 nitrogen and oxygen atoms in total. The van der Waals surface area contributed by atoms with Gasteiger partial charge in [0.25, 0.3) is 0 Å². The second-order valence-electron chi connectivity index (χ2n) is 9.46. The Morgan fingerprint density at radius 1 is 1.09 bits per heavy atom. The highest BCUT2D eigenvalue weighted by Crippen LogP contribution is 2.30. The largest absolute Gasteiger partial charge is 0.354 e. The highest BCUT2D eigenvalue weighted by molar-refractivity contribution is 6.31. The van der Waals surface area contributed by atoms with Crippen molar-refractivity contribution in [3.8, 4) is 11.3 Å². The third-order valence-electron chi connectivity index (χ3n) is 7.03. The minimum Gasteiger partial charge on any atom is -0.354 e. The number of hydrogen-bond donors (Lipinski definition) is 2. The van der Waals surface area contributed by atoms with E-state index in [-0.39, 0.29) is 0 Å². The van der Waals surface area contributed by atoms with E-state index in [4.69, 9.17) is 11.6 Å². The summed E-state index contributed by atoms with van der Waals surface area (Å²) in [5.74, 6) is 1.83. The molecule has 0 bridgehead atoms. The molecule has 1 aromatic carbocycles. The van der Waals surface area contributed by atoms with E-state index in [0.717, 1.165) is 59.2 Å². The summed E-state index contributed by atoms with van der Waals surface area (Å²) in [7, 11) is 0. The van der Waals surface area contributed by atoms with Crippen molar-refractivity contribution in [1.82, 2.24) is 40.7 Å². The number of H-pyrrole nitrogens is 1. The van der Waals surface area contributed by atoms with E-state index in [1.807, 2.05) is 24.4 Å².